The van der Waals surface area contributed by atoms with E-state index in [9.17, 15) is 13.6 Å². The quantitative estimate of drug-likeness (QED) is 0.808. The molecule has 0 spiro atoms. The predicted octanol–water partition coefficient (Wildman–Crippen LogP) is 2.39. The summed E-state index contributed by atoms with van der Waals surface area (Å²) in [5.74, 6) is 1.35. The molecule has 1 heterocycles. The van der Waals surface area contributed by atoms with Crippen LogP contribution in [0.25, 0.3) is 0 Å². The van der Waals surface area contributed by atoms with Gasteiger partial charge in [-0.15, -0.1) is 24.8 Å². The fraction of sp³-hybridized carbons (Fsp3) is 0.938. The minimum Gasteiger partial charge on any atom is -0.340 e. The molecule has 0 aromatic carbocycles. The van der Waals surface area contributed by atoms with Crippen LogP contribution < -0.4 is 5.73 Å². The molecule has 2 saturated carbocycles. The number of carbonyl (C=O) groups excluding carboxylic acids is 1. The van der Waals surface area contributed by atoms with Gasteiger partial charge in [0.2, 0.25) is 5.91 Å². The molecule has 3 rings (SSSR count). The largest absolute Gasteiger partial charge is 0.340 e. The smallest absolute Gasteiger partial charge is 0.251 e. The molecule has 0 aromatic heterocycles. The van der Waals surface area contributed by atoms with Gasteiger partial charge in [0.05, 0.1) is 6.54 Å². The van der Waals surface area contributed by atoms with Gasteiger partial charge in [-0.25, -0.2) is 8.78 Å². The van der Waals surface area contributed by atoms with Gasteiger partial charge < -0.3 is 10.6 Å². The molecule has 1 aliphatic heterocycles. The second-order valence-electron chi connectivity index (χ2n) is 7.21. The number of piperazine rings is 1. The topological polar surface area (TPSA) is 49.6 Å². The number of halogens is 4. The van der Waals surface area contributed by atoms with Crippen LogP contribution in [-0.2, 0) is 4.79 Å². The minimum absolute atomic E-state index is 0. The highest BCUT2D eigenvalue weighted by molar-refractivity contribution is 5.85. The molecule has 1 saturated heterocycles. The third kappa shape index (κ3) is 4.93. The summed E-state index contributed by atoms with van der Waals surface area (Å²) in [5, 5.41) is 0. The normalized spacial score (nSPS) is 33.6. The Labute approximate surface area is 155 Å². The fourth-order valence-electron chi connectivity index (χ4n) is 4.59. The van der Waals surface area contributed by atoms with Crippen LogP contribution in [0.4, 0.5) is 8.78 Å². The molecule has 142 valence electrons. The van der Waals surface area contributed by atoms with Crippen molar-refractivity contribution in [1.29, 1.82) is 0 Å². The summed E-state index contributed by atoms with van der Waals surface area (Å²) in [6, 6.07) is 0.278. The summed E-state index contributed by atoms with van der Waals surface area (Å²) in [7, 11) is 0. The molecule has 3 aliphatic rings. The molecule has 2 N–H and O–H groups in total. The van der Waals surface area contributed by atoms with Gasteiger partial charge in [0, 0.05) is 38.1 Å². The van der Waals surface area contributed by atoms with Gasteiger partial charge in [0.15, 0.2) is 0 Å². The number of hydrogen-bond donors (Lipinski definition) is 1. The zero-order chi connectivity index (χ0) is 15.7. The fourth-order valence-corrected chi connectivity index (χ4v) is 4.59. The van der Waals surface area contributed by atoms with Crippen molar-refractivity contribution < 1.29 is 13.6 Å². The highest BCUT2D eigenvalue weighted by atomic mass is 35.5. The van der Waals surface area contributed by atoms with Crippen molar-refractivity contribution in [3.63, 3.8) is 0 Å². The molecular weight excluding hydrogens is 359 g/mol. The Hall–Kier alpha value is -0.170. The summed E-state index contributed by atoms with van der Waals surface area (Å²) in [5.41, 5.74) is 6.29. The predicted molar refractivity (Wildman–Crippen MR) is 95.1 cm³/mol. The van der Waals surface area contributed by atoms with Gasteiger partial charge in [-0.2, -0.15) is 0 Å². The van der Waals surface area contributed by atoms with E-state index < -0.39 is 6.43 Å². The number of hydrogen-bond acceptors (Lipinski definition) is 3. The Bertz CT molecular complexity index is 395. The van der Waals surface area contributed by atoms with E-state index in [-0.39, 0.29) is 49.2 Å². The van der Waals surface area contributed by atoms with E-state index in [2.05, 4.69) is 0 Å². The summed E-state index contributed by atoms with van der Waals surface area (Å²) in [4.78, 5) is 16.4. The van der Waals surface area contributed by atoms with Gasteiger partial charge in [0.25, 0.3) is 6.43 Å². The molecule has 2 unspecified atom stereocenters. The molecule has 0 aromatic rings. The standard InChI is InChI=1S/C16H27F2N3O.2ClH/c17-14(18)10-20-4-6-21(7-5-20)16(22)13-8-11-2-1-3-12(9-13)15(11)19;;/h11-15H,1-10,19H2;2*1H. The number of amides is 1. The van der Waals surface area contributed by atoms with Crippen molar-refractivity contribution in [2.75, 3.05) is 32.7 Å². The monoisotopic (exact) mass is 387 g/mol. The van der Waals surface area contributed by atoms with Crippen molar-refractivity contribution in [2.45, 2.75) is 44.6 Å². The van der Waals surface area contributed by atoms with E-state index in [0.29, 0.717) is 38.0 Å². The Morgan fingerprint density at radius 3 is 2.08 bits per heavy atom. The van der Waals surface area contributed by atoms with Crippen molar-refractivity contribution in [3.8, 4) is 0 Å². The Balaban J connectivity index is 0.00000144. The minimum atomic E-state index is -2.29. The molecular formula is C16H29Cl2F2N3O. The highest BCUT2D eigenvalue weighted by Gasteiger charge is 2.41. The van der Waals surface area contributed by atoms with Crippen LogP contribution in [0.1, 0.15) is 32.1 Å². The first-order chi connectivity index (χ1) is 10.5. The first kappa shape index (κ1) is 21.9. The number of rotatable bonds is 3. The van der Waals surface area contributed by atoms with E-state index in [4.69, 9.17) is 5.73 Å². The van der Waals surface area contributed by atoms with Gasteiger partial charge in [0.1, 0.15) is 0 Å². The van der Waals surface area contributed by atoms with Gasteiger partial charge in [-0.05, 0) is 37.5 Å². The van der Waals surface area contributed by atoms with Gasteiger partial charge in [-0.3, -0.25) is 9.69 Å². The molecule has 3 fully saturated rings. The third-order valence-electron chi connectivity index (χ3n) is 5.84. The van der Waals surface area contributed by atoms with Crippen LogP contribution in [-0.4, -0.2) is 60.9 Å². The second-order valence-corrected chi connectivity index (χ2v) is 7.21. The number of carbonyl (C=O) groups is 1. The lowest BCUT2D eigenvalue weighted by atomic mass is 9.65. The number of nitrogens with two attached hydrogens (primary N) is 1. The van der Waals surface area contributed by atoms with E-state index in [1.54, 1.807) is 4.90 Å². The van der Waals surface area contributed by atoms with E-state index in [1.165, 1.54) is 6.42 Å². The second kappa shape index (κ2) is 9.51. The van der Waals surface area contributed by atoms with Gasteiger partial charge in [-0.1, -0.05) is 6.42 Å². The zero-order valence-electron chi connectivity index (χ0n) is 13.9. The average molecular weight is 388 g/mol. The van der Waals surface area contributed by atoms with E-state index in [1.807, 2.05) is 4.90 Å². The van der Waals surface area contributed by atoms with Crippen molar-refractivity contribution in [3.05, 3.63) is 0 Å². The summed E-state index contributed by atoms with van der Waals surface area (Å²) >= 11 is 0. The van der Waals surface area contributed by atoms with E-state index >= 15 is 0 Å². The van der Waals surface area contributed by atoms with Crippen LogP contribution >= 0.6 is 24.8 Å². The lowest BCUT2D eigenvalue weighted by Gasteiger charge is -2.45. The summed E-state index contributed by atoms with van der Waals surface area (Å²) < 4.78 is 24.8. The maximum atomic E-state index is 12.7. The lowest BCUT2D eigenvalue weighted by molar-refractivity contribution is -0.140. The van der Waals surface area contributed by atoms with Crippen molar-refractivity contribution >= 4 is 30.7 Å². The van der Waals surface area contributed by atoms with Crippen molar-refractivity contribution in [1.82, 2.24) is 9.80 Å². The van der Waals surface area contributed by atoms with E-state index in [0.717, 1.165) is 25.7 Å². The zero-order valence-corrected chi connectivity index (χ0v) is 15.5. The molecule has 24 heavy (non-hydrogen) atoms. The van der Waals surface area contributed by atoms with Crippen molar-refractivity contribution in [2.24, 2.45) is 23.5 Å². The van der Waals surface area contributed by atoms with Crippen LogP contribution in [0.5, 0.6) is 0 Å². The molecule has 2 aliphatic carbocycles. The molecule has 0 radical (unpaired) electrons. The first-order valence-electron chi connectivity index (χ1n) is 8.59. The number of alkyl halides is 2. The Morgan fingerprint density at radius 2 is 1.58 bits per heavy atom. The SMILES string of the molecule is Cl.Cl.NC1C2CCCC1CC(C(=O)N1CCN(CC(F)F)CC1)C2. The third-order valence-corrected chi connectivity index (χ3v) is 5.84. The lowest BCUT2D eigenvalue weighted by Crippen LogP contribution is -2.54. The Kier molecular flexibility index (Phi) is 8.66. The summed E-state index contributed by atoms with van der Waals surface area (Å²) in [6.45, 7) is 2.13. The summed E-state index contributed by atoms with van der Waals surface area (Å²) in [6.07, 6.45) is 3.12. The Morgan fingerprint density at radius 1 is 1.04 bits per heavy atom. The highest BCUT2D eigenvalue weighted by Crippen LogP contribution is 2.42. The molecule has 1 amide bonds. The van der Waals surface area contributed by atoms with Crippen LogP contribution in [0, 0.1) is 17.8 Å². The number of fused-ring (bicyclic) bond motifs is 2. The first-order valence-corrected chi connectivity index (χ1v) is 8.59. The average Bonchev–Trinajstić information content (AvgIpc) is 2.46. The van der Waals surface area contributed by atoms with Crippen LogP contribution in [0.2, 0.25) is 0 Å². The maximum Gasteiger partial charge on any atom is 0.251 e. The molecule has 2 bridgehead atoms. The number of nitrogens with zero attached hydrogens (tertiary/aromatic N) is 2. The van der Waals surface area contributed by atoms with Crippen LogP contribution in [0.3, 0.4) is 0 Å². The molecule has 2 atom stereocenters. The maximum absolute atomic E-state index is 12.7. The van der Waals surface area contributed by atoms with Gasteiger partial charge >= 0.3 is 0 Å². The van der Waals surface area contributed by atoms with Crippen LogP contribution in [0.15, 0.2) is 0 Å². The molecule has 8 heteroatoms. The molecule has 4 nitrogen and oxygen atoms in total.